The van der Waals surface area contributed by atoms with Gasteiger partial charge in [0.05, 0.1) is 6.61 Å². The van der Waals surface area contributed by atoms with Crippen molar-refractivity contribution < 1.29 is 29.3 Å². The van der Waals surface area contributed by atoms with Crippen LogP contribution in [0.15, 0.2) is 30.3 Å². The van der Waals surface area contributed by atoms with E-state index in [1.165, 1.54) is 6.92 Å². The number of hydrogen-bond acceptors (Lipinski definition) is 5. The molecule has 0 unspecified atom stereocenters. The fourth-order valence-electron chi connectivity index (χ4n) is 1.49. The molecule has 0 aliphatic heterocycles. The van der Waals surface area contributed by atoms with Gasteiger partial charge in [0.25, 0.3) is 0 Å². The van der Waals surface area contributed by atoms with E-state index in [-0.39, 0.29) is 6.61 Å². The highest BCUT2D eigenvalue weighted by Crippen LogP contribution is 2.00. The van der Waals surface area contributed by atoms with Crippen LogP contribution in [0.25, 0.3) is 0 Å². The normalized spacial score (nSPS) is 12.8. The van der Waals surface area contributed by atoms with E-state index in [4.69, 9.17) is 14.9 Å². The van der Waals surface area contributed by atoms with Gasteiger partial charge in [0.1, 0.15) is 18.7 Å². The third-order valence-electron chi connectivity index (χ3n) is 2.74. The molecule has 0 saturated heterocycles. The van der Waals surface area contributed by atoms with Crippen molar-refractivity contribution in [2.24, 2.45) is 0 Å². The summed E-state index contributed by atoms with van der Waals surface area (Å²) >= 11 is 0. The van der Waals surface area contributed by atoms with Crippen LogP contribution in [0, 0.1) is 0 Å². The molecule has 22 heavy (non-hydrogen) atoms. The number of alkyl carbamates (subject to hydrolysis) is 1. The van der Waals surface area contributed by atoms with E-state index >= 15 is 0 Å². The van der Waals surface area contributed by atoms with Crippen molar-refractivity contribution in [3.05, 3.63) is 35.9 Å². The van der Waals surface area contributed by atoms with Crippen LogP contribution in [-0.2, 0) is 20.9 Å². The number of carboxylic acid groups (broad SMARTS) is 1. The Morgan fingerprint density at radius 2 is 1.82 bits per heavy atom. The summed E-state index contributed by atoms with van der Waals surface area (Å²) in [7, 11) is 0. The van der Waals surface area contributed by atoms with Gasteiger partial charge in [0.15, 0.2) is 0 Å². The molecule has 8 heteroatoms. The number of amides is 2. The number of ether oxygens (including phenoxy) is 1. The van der Waals surface area contributed by atoms with Crippen LogP contribution in [0.1, 0.15) is 12.5 Å². The second-order valence-corrected chi connectivity index (χ2v) is 4.51. The topological polar surface area (TPSA) is 125 Å². The van der Waals surface area contributed by atoms with Gasteiger partial charge >= 0.3 is 12.1 Å². The Hall–Kier alpha value is -2.61. The van der Waals surface area contributed by atoms with Crippen LogP contribution >= 0.6 is 0 Å². The van der Waals surface area contributed by atoms with Gasteiger partial charge in [-0.1, -0.05) is 30.3 Å². The summed E-state index contributed by atoms with van der Waals surface area (Å²) in [6.45, 7) is 0.678. The number of nitrogens with one attached hydrogen (secondary N) is 2. The molecule has 0 saturated carbocycles. The quantitative estimate of drug-likeness (QED) is 0.555. The van der Waals surface area contributed by atoms with Crippen molar-refractivity contribution in [3.8, 4) is 0 Å². The lowest BCUT2D eigenvalue weighted by atomic mass is 10.2. The Kier molecular flexibility index (Phi) is 6.84. The van der Waals surface area contributed by atoms with Crippen LogP contribution < -0.4 is 10.6 Å². The Labute approximate surface area is 127 Å². The maximum absolute atomic E-state index is 11.7. The molecular formula is C14H18N2O6. The number of carboxylic acids is 1. The molecule has 0 aromatic heterocycles. The second kappa shape index (κ2) is 8.63. The minimum absolute atomic E-state index is 0.0510. The Morgan fingerprint density at radius 1 is 1.18 bits per heavy atom. The van der Waals surface area contributed by atoms with E-state index in [1.54, 1.807) is 24.3 Å². The average molecular weight is 310 g/mol. The zero-order valence-electron chi connectivity index (χ0n) is 12.0. The highest BCUT2D eigenvalue weighted by Gasteiger charge is 2.23. The van der Waals surface area contributed by atoms with Gasteiger partial charge in [-0.3, -0.25) is 4.79 Å². The lowest BCUT2D eigenvalue weighted by Crippen LogP contribution is -2.51. The van der Waals surface area contributed by atoms with E-state index in [9.17, 15) is 14.4 Å². The molecule has 0 aliphatic rings. The standard InChI is InChI=1S/C14H18N2O6/c1-9(12(18)16-11(7-17)13(19)20)15-14(21)22-8-10-5-3-2-4-6-10/h2-6,9,11,17H,7-8H2,1H3,(H,15,21)(H,16,18)(H,19,20)/t9-,11+/m0/s1. The van der Waals surface area contributed by atoms with Crippen molar-refractivity contribution >= 4 is 18.0 Å². The first-order valence-corrected chi connectivity index (χ1v) is 6.55. The summed E-state index contributed by atoms with van der Waals surface area (Å²) < 4.78 is 4.93. The molecule has 2 atom stereocenters. The Balaban J connectivity index is 2.39. The fraction of sp³-hybridized carbons (Fsp3) is 0.357. The van der Waals surface area contributed by atoms with E-state index in [2.05, 4.69) is 10.6 Å². The molecule has 0 heterocycles. The summed E-state index contributed by atoms with van der Waals surface area (Å²) in [6.07, 6.45) is -0.803. The van der Waals surface area contributed by atoms with Crippen molar-refractivity contribution in [1.82, 2.24) is 10.6 Å². The zero-order chi connectivity index (χ0) is 16.5. The SMILES string of the molecule is C[C@H](NC(=O)OCc1ccccc1)C(=O)N[C@H](CO)C(=O)O. The third-order valence-corrected chi connectivity index (χ3v) is 2.74. The van der Waals surface area contributed by atoms with Crippen LogP contribution in [0.4, 0.5) is 4.79 Å². The number of aliphatic carboxylic acids is 1. The zero-order valence-corrected chi connectivity index (χ0v) is 12.0. The first kappa shape index (κ1) is 17.4. The predicted octanol–water partition coefficient (Wildman–Crippen LogP) is -0.137. The first-order valence-electron chi connectivity index (χ1n) is 6.55. The molecule has 8 nitrogen and oxygen atoms in total. The molecule has 4 N–H and O–H groups in total. The predicted molar refractivity (Wildman–Crippen MR) is 75.9 cm³/mol. The van der Waals surface area contributed by atoms with Gasteiger partial charge in [0.2, 0.25) is 5.91 Å². The number of rotatable bonds is 7. The largest absolute Gasteiger partial charge is 0.480 e. The van der Waals surface area contributed by atoms with Gasteiger partial charge in [-0.05, 0) is 12.5 Å². The number of benzene rings is 1. The maximum atomic E-state index is 11.7. The van der Waals surface area contributed by atoms with Crippen LogP contribution in [0.2, 0.25) is 0 Å². The smallest absolute Gasteiger partial charge is 0.408 e. The van der Waals surface area contributed by atoms with Gasteiger partial charge in [-0.15, -0.1) is 0 Å². The molecule has 1 rings (SSSR count). The van der Waals surface area contributed by atoms with E-state index in [0.717, 1.165) is 5.56 Å². The van der Waals surface area contributed by atoms with E-state index < -0.39 is 36.7 Å². The molecule has 120 valence electrons. The van der Waals surface area contributed by atoms with E-state index in [0.29, 0.717) is 0 Å². The van der Waals surface area contributed by atoms with Gasteiger partial charge in [-0.25, -0.2) is 9.59 Å². The third kappa shape index (κ3) is 5.80. The molecule has 0 radical (unpaired) electrons. The molecule has 1 aromatic rings. The summed E-state index contributed by atoms with van der Waals surface area (Å²) in [6, 6.07) is 6.57. The van der Waals surface area contributed by atoms with Gasteiger partial charge < -0.3 is 25.6 Å². The van der Waals surface area contributed by atoms with Crippen molar-refractivity contribution in [2.75, 3.05) is 6.61 Å². The van der Waals surface area contributed by atoms with Gasteiger partial charge in [0, 0.05) is 0 Å². The number of aliphatic hydroxyl groups is 1. The van der Waals surface area contributed by atoms with Gasteiger partial charge in [-0.2, -0.15) is 0 Å². The molecular weight excluding hydrogens is 292 g/mol. The maximum Gasteiger partial charge on any atom is 0.408 e. The second-order valence-electron chi connectivity index (χ2n) is 4.51. The highest BCUT2D eigenvalue weighted by molar-refractivity contribution is 5.88. The monoisotopic (exact) mass is 310 g/mol. The molecule has 0 bridgehead atoms. The van der Waals surface area contributed by atoms with Crippen LogP contribution in [0.5, 0.6) is 0 Å². The molecule has 2 amide bonds. The molecule has 0 fully saturated rings. The van der Waals surface area contributed by atoms with Crippen LogP contribution in [0.3, 0.4) is 0 Å². The lowest BCUT2D eigenvalue weighted by molar-refractivity contribution is -0.143. The van der Waals surface area contributed by atoms with E-state index in [1.807, 2.05) is 6.07 Å². The van der Waals surface area contributed by atoms with Crippen molar-refractivity contribution in [1.29, 1.82) is 0 Å². The summed E-state index contributed by atoms with van der Waals surface area (Å²) in [5, 5.41) is 21.9. The highest BCUT2D eigenvalue weighted by atomic mass is 16.5. The summed E-state index contributed by atoms with van der Waals surface area (Å²) in [4.78, 5) is 33.9. The van der Waals surface area contributed by atoms with Crippen molar-refractivity contribution in [3.63, 3.8) is 0 Å². The Morgan fingerprint density at radius 3 is 2.36 bits per heavy atom. The summed E-state index contributed by atoms with van der Waals surface area (Å²) in [5.41, 5.74) is 0.793. The minimum atomic E-state index is -1.42. The molecule has 0 spiro atoms. The number of aliphatic hydroxyl groups excluding tert-OH is 1. The number of hydrogen-bond donors (Lipinski definition) is 4. The average Bonchev–Trinajstić information content (AvgIpc) is 2.50. The number of carbonyl (C=O) groups excluding carboxylic acids is 2. The van der Waals surface area contributed by atoms with Crippen LogP contribution in [-0.4, -0.2) is 46.9 Å². The number of carbonyl (C=O) groups is 3. The molecule has 0 aliphatic carbocycles. The molecule has 1 aromatic carbocycles. The first-order chi connectivity index (χ1) is 10.4. The lowest BCUT2D eigenvalue weighted by Gasteiger charge is -2.17. The summed E-state index contributed by atoms with van der Waals surface area (Å²) in [5.74, 6) is -2.10. The fourth-order valence-corrected chi connectivity index (χ4v) is 1.49. The Bertz CT molecular complexity index is 519. The van der Waals surface area contributed by atoms with Crippen molar-refractivity contribution in [2.45, 2.75) is 25.6 Å². The minimum Gasteiger partial charge on any atom is -0.480 e.